The molecule has 0 amide bonds. The zero-order valence-electron chi connectivity index (χ0n) is 13.2. The van der Waals surface area contributed by atoms with Crippen LogP contribution in [0.4, 0.5) is 0 Å². The van der Waals surface area contributed by atoms with Crippen LogP contribution < -0.4 is 0 Å². The van der Waals surface area contributed by atoms with Crippen molar-refractivity contribution >= 4 is 0 Å². The van der Waals surface area contributed by atoms with Crippen LogP contribution in [0.2, 0.25) is 0 Å². The standard InChI is InChI=1S/C20H27N/c1-17-4-6-18(7-5-17)8-9-19-10-12-20(13-11-19)16-21-14-2-3-15-21/h4,6-7,10-13,17H,2-3,5,8-9,14-16H2,1H3. The molecule has 0 aromatic heterocycles. The van der Waals surface area contributed by atoms with E-state index >= 15 is 0 Å². The van der Waals surface area contributed by atoms with Crippen LogP contribution in [0.5, 0.6) is 0 Å². The van der Waals surface area contributed by atoms with Crippen LogP contribution in [-0.4, -0.2) is 18.0 Å². The van der Waals surface area contributed by atoms with E-state index in [9.17, 15) is 0 Å². The molecule has 3 rings (SSSR count). The van der Waals surface area contributed by atoms with E-state index < -0.39 is 0 Å². The second kappa shape index (κ2) is 7.09. The van der Waals surface area contributed by atoms with Gasteiger partial charge in [-0.05, 0) is 62.2 Å². The summed E-state index contributed by atoms with van der Waals surface area (Å²) in [5.41, 5.74) is 4.44. The molecular formula is C20H27N. The molecular weight excluding hydrogens is 254 g/mol. The van der Waals surface area contributed by atoms with Gasteiger partial charge in [0, 0.05) is 6.54 Å². The van der Waals surface area contributed by atoms with Crippen molar-refractivity contribution in [2.45, 2.75) is 45.6 Å². The normalized spacial score (nSPS) is 22.5. The first-order chi connectivity index (χ1) is 10.3. The highest BCUT2D eigenvalue weighted by molar-refractivity contribution is 5.27. The van der Waals surface area contributed by atoms with Crippen molar-refractivity contribution in [1.29, 1.82) is 0 Å². The van der Waals surface area contributed by atoms with Crippen molar-refractivity contribution in [2.24, 2.45) is 5.92 Å². The van der Waals surface area contributed by atoms with Gasteiger partial charge in [0.2, 0.25) is 0 Å². The molecule has 2 aliphatic rings. The Morgan fingerprint density at radius 3 is 2.38 bits per heavy atom. The molecule has 0 bridgehead atoms. The molecule has 0 N–H and O–H groups in total. The first-order valence-electron chi connectivity index (χ1n) is 8.47. The Hall–Kier alpha value is -1.34. The Bertz CT molecular complexity index is 503. The lowest BCUT2D eigenvalue weighted by Gasteiger charge is -2.15. The highest BCUT2D eigenvalue weighted by Crippen LogP contribution is 2.20. The van der Waals surface area contributed by atoms with E-state index in [0.29, 0.717) is 0 Å². The Morgan fingerprint density at radius 1 is 1.00 bits per heavy atom. The highest BCUT2D eigenvalue weighted by Gasteiger charge is 2.11. The lowest BCUT2D eigenvalue weighted by atomic mass is 9.94. The summed E-state index contributed by atoms with van der Waals surface area (Å²) >= 11 is 0. The molecule has 1 aliphatic heterocycles. The summed E-state index contributed by atoms with van der Waals surface area (Å²) in [6.07, 6.45) is 13.4. The van der Waals surface area contributed by atoms with Gasteiger partial charge >= 0.3 is 0 Å². The molecule has 1 fully saturated rings. The van der Waals surface area contributed by atoms with Crippen LogP contribution in [0, 0.1) is 5.92 Å². The number of hydrogen-bond acceptors (Lipinski definition) is 1. The van der Waals surface area contributed by atoms with E-state index in [1.165, 1.54) is 55.5 Å². The third kappa shape index (κ3) is 4.31. The smallest absolute Gasteiger partial charge is 0.0233 e. The molecule has 0 radical (unpaired) electrons. The number of nitrogens with zero attached hydrogens (tertiary/aromatic N) is 1. The summed E-state index contributed by atoms with van der Waals surface area (Å²) in [7, 11) is 0. The van der Waals surface area contributed by atoms with Crippen LogP contribution in [0.25, 0.3) is 0 Å². The summed E-state index contributed by atoms with van der Waals surface area (Å²) in [6.45, 7) is 5.97. The van der Waals surface area contributed by atoms with Gasteiger partial charge in [-0.25, -0.2) is 0 Å². The molecule has 1 heteroatoms. The summed E-state index contributed by atoms with van der Waals surface area (Å²) in [6, 6.07) is 9.28. The fourth-order valence-electron chi connectivity index (χ4n) is 3.26. The molecule has 1 aromatic rings. The fraction of sp³-hybridized carbons (Fsp3) is 0.500. The quantitative estimate of drug-likeness (QED) is 0.753. The number of hydrogen-bond donors (Lipinski definition) is 0. The van der Waals surface area contributed by atoms with Crippen molar-refractivity contribution in [3.8, 4) is 0 Å². The maximum absolute atomic E-state index is 2.56. The zero-order valence-corrected chi connectivity index (χ0v) is 13.2. The molecule has 1 heterocycles. The lowest BCUT2D eigenvalue weighted by Crippen LogP contribution is -2.18. The van der Waals surface area contributed by atoms with Gasteiger partial charge in [-0.3, -0.25) is 4.90 Å². The molecule has 1 atom stereocenters. The molecule has 21 heavy (non-hydrogen) atoms. The summed E-state index contributed by atoms with van der Waals surface area (Å²) in [5, 5.41) is 0. The van der Waals surface area contributed by atoms with Gasteiger partial charge in [0.1, 0.15) is 0 Å². The van der Waals surface area contributed by atoms with Crippen molar-refractivity contribution in [3.63, 3.8) is 0 Å². The minimum Gasteiger partial charge on any atom is -0.299 e. The van der Waals surface area contributed by atoms with Crippen molar-refractivity contribution in [1.82, 2.24) is 4.90 Å². The molecule has 1 aliphatic carbocycles. The predicted octanol–water partition coefficient (Wildman–Crippen LogP) is 4.74. The highest BCUT2D eigenvalue weighted by atomic mass is 15.1. The molecule has 1 aromatic carbocycles. The van der Waals surface area contributed by atoms with Crippen molar-refractivity contribution in [2.75, 3.05) is 13.1 Å². The maximum Gasteiger partial charge on any atom is 0.0233 e. The lowest BCUT2D eigenvalue weighted by molar-refractivity contribution is 0.331. The van der Waals surface area contributed by atoms with E-state index in [-0.39, 0.29) is 0 Å². The van der Waals surface area contributed by atoms with Gasteiger partial charge in [0.25, 0.3) is 0 Å². The van der Waals surface area contributed by atoms with Crippen LogP contribution >= 0.6 is 0 Å². The molecule has 1 saturated heterocycles. The van der Waals surface area contributed by atoms with Crippen LogP contribution in [-0.2, 0) is 13.0 Å². The fourth-order valence-corrected chi connectivity index (χ4v) is 3.26. The molecule has 0 spiro atoms. The third-order valence-electron chi connectivity index (χ3n) is 4.72. The number of allylic oxidation sites excluding steroid dienone is 4. The number of benzene rings is 1. The molecule has 1 unspecified atom stereocenters. The first kappa shape index (κ1) is 14.6. The van der Waals surface area contributed by atoms with Gasteiger partial charge in [-0.1, -0.05) is 55.0 Å². The van der Waals surface area contributed by atoms with E-state index in [1.54, 1.807) is 0 Å². The van der Waals surface area contributed by atoms with Gasteiger partial charge in [0.15, 0.2) is 0 Å². The second-order valence-corrected chi connectivity index (χ2v) is 6.65. The Kier molecular flexibility index (Phi) is 4.92. The van der Waals surface area contributed by atoms with Gasteiger partial charge < -0.3 is 0 Å². The molecule has 112 valence electrons. The van der Waals surface area contributed by atoms with E-state index in [1.807, 2.05) is 0 Å². The van der Waals surface area contributed by atoms with E-state index in [4.69, 9.17) is 0 Å². The topological polar surface area (TPSA) is 3.24 Å². The van der Waals surface area contributed by atoms with Crippen molar-refractivity contribution < 1.29 is 0 Å². The predicted molar refractivity (Wildman–Crippen MR) is 90.3 cm³/mol. The second-order valence-electron chi connectivity index (χ2n) is 6.65. The monoisotopic (exact) mass is 281 g/mol. The molecule has 0 saturated carbocycles. The Balaban J connectivity index is 1.49. The van der Waals surface area contributed by atoms with E-state index in [2.05, 4.69) is 54.3 Å². The minimum absolute atomic E-state index is 0.721. The van der Waals surface area contributed by atoms with Gasteiger partial charge in [0.05, 0.1) is 0 Å². The average Bonchev–Trinajstić information content (AvgIpc) is 3.01. The summed E-state index contributed by atoms with van der Waals surface area (Å²) in [5.74, 6) is 0.721. The Labute approximate surface area is 129 Å². The van der Waals surface area contributed by atoms with Gasteiger partial charge in [-0.2, -0.15) is 0 Å². The summed E-state index contributed by atoms with van der Waals surface area (Å²) in [4.78, 5) is 2.56. The van der Waals surface area contributed by atoms with Crippen LogP contribution in [0.1, 0.15) is 43.7 Å². The molecule has 1 nitrogen and oxygen atoms in total. The van der Waals surface area contributed by atoms with E-state index in [0.717, 1.165) is 18.9 Å². The first-order valence-corrected chi connectivity index (χ1v) is 8.47. The largest absolute Gasteiger partial charge is 0.299 e. The number of rotatable bonds is 5. The number of aryl methyl sites for hydroxylation is 1. The van der Waals surface area contributed by atoms with Crippen molar-refractivity contribution in [3.05, 3.63) is 59.2 Å². The zero-order chi connectivity index (χ0) is 14.5. The Morgan fingerprint density at radius 2 is 1.71 bits per heavy atom. The third-order valence-corrected chi connectivity index (χ3v) is 4.72. The maximum atomic E-state index is 2.56. The average molecular weight is 281 g/mol. The SMILES string of the molecule is CC1C=CC(CCc2ccc(CN3CCCC3)cc2)=CC1. The minimum atomic E-state index is 0.721. The van der Waals surface area contributed by atoms with Crippen LogP contribution in [0.15, 0.2) is 48.1 Å². The number of likely N-dealkylation sites (tertiary alicyclic amines) is 1. The summed E-state index contributed by atoms with van der Waals surface area (Å²) < 4.78 is 0. The van der Waals surface area contributed by atoms with Gasteiger partial charge in [-0.15, -0.1) is 0 Å². The van der Waals surface area contributed by atoms with Crippen LogP contribution in [0.3, 0.4) is 0 Å².